The summed E-state index contributed by atoms with van der Waals surface area (Å²) in [5, 5.41) is 2.93. The Kier molecular flexibility index (Phi) is 8.10. The van der Waals surface area contributed by atoms with Crippen LogP contribution in [0.5, 0.6) is 0 Å². The van der Waals surface area contributed by atoms with Gasteiger partial charge < -0.3 is 5.32 Å². The van der Waals surface area contributed by atoms with Gasteiger partial charge in [-0.1, -0.05) is 12.1 Å². The van der Waals surface area contributed by atoms with Crippen molar-refractivity contribution in [1.82, 2.24) is 10.0 Å². The van der Waals surface area contributed by atoms with Gasteiger partial charge in [0.25, 0.3) is 0 Å². The highest BCUT2D eigenvalue weighted by molar-refractivity contribution is 7.88. The zero-order chi connectivity index (χ0) is 12.7. The first kappa shape index (κ1) is 17.3. The van der Waals surface area contributed by atoms with Gasteiger partial charge in [0.05, 0.1) is 5.75 Å². The highest BCUT2D eigenvalue weighted by Crippen LogP contribution is 2.07. The quantitative estimate of drug-likeness (QED) is 0.745. The number of sulfonamides is 1. The average Bonchev–Trinajstić information content (AvgIpc) is 2.24. The topological polar surface area (TPSA) is 58.2 Å². The van der Waals surface area contributed by atoms with E-state index in [2.05, 4.69) is 10.0 Å². The van der Waals surface area contributed by atoms with E-state index in [1.54, 1.807) is 13.1 Å². The van der Waals surface area contributed by atoms with Crippen molar-refractivity contribution in [3.8, 4) is 0 Å². The van der Waals surface area contributed by atoms with E-state index in [9.17, 15) is 12.8 Å². The second-order valence-electron chi connectivity index (χ2n) is 3.74. The van der Waals surface area contributed by atoms with Crippen molar-refractivity contribution in [3.05, 3.63) is 35.6 Å². The summed E-state index contributed by atoms with van der Waals surface area (Å²) < 4.78 is 38.6. The van der Waals surface area contributed by atoms with Gasteiger partial charge in [0.1, 0.15) is 5.82 Å². The predicted molar refractivity (Wildman–Crippen MR) is 72.8 cm³/mol. The summed E-state index contributed by atoms with van der Waals surface area (Å²) in [4.78, 5) is 0. The lowest BCUT2D eigenvalue weighted by Gasteiger charge is -2.06. The SMILES string of the molecule is CNCCCNS(=O)(=O)Cc1cccc(F)c1.Cl. The van der Waals surface area contributed by atoms with Gasteiger partial charge in [0.15, 0.2) is 0 Å². The molecule has 0 aromatic heterocycles. The maximum Gasteiger partial charge on any atom is 0.215 e. The van der Waals surface area contributed by atoms with E-state index in [1.807, 2.05) is 0 Å². The van der Waals surface area contributed by atoms with Crippen LogP contribution in [-0.4, -0.2) is 28.6 Å². The molecule has 1 aromatic rings. The molecule has 4 nitrogen and oxygen atoms in total. The van der Waals surface area contributed by atoms with E-state index in [1.165, 1.54) is 18.2 Å². The molecule has 18 heavy (non-hydrogen) atoms. The van der Waals surface area contributed by atoms with Gasteiger partial charge in [-0.05, 0) is 37.7 Å². The van der Waals surface area contributed by atoms with E-state index in [0.717, 1.165) is 13.0 Å². The van der Waals surface area contributed by atoms with Crippen molar-refractivity contribution in [2.45, 2.75) is 12.2 Å². The molecule has 2 N–H and O–H groups in total. The molecule has 0 heterocycles. The van der Waals surface area contributed by atoms with Crippen molar-refractivity contribution >= 4 is 22.4 Å². The van der Waals surface area contributed by atoms with Crippen molar-refractivity contribution < 1.29 is 12.8 Å². The molecule has 0 aliphatic rings. The zero-order valence-electron chi connectivity index (χ0n) is 10.1. The number of halogens is 2. The van der Waals surface area contributed by atoms with Gasteiger partial charge in [0.2, 0.25) is 10.0 Å². The van der Waals surface area contributed by atoms with Crippen LogP contribution in [-0.2, 0) is 15.8 Å². The maximum atomic E-state index is 12.9. The van der Waals surface area contributed by atoms with Crippen LogP contribution in [0.1, 0.15) is 12.0 Å². The molecule has 104 valence electrons. The van der Waals surface area contributed by atoms with Gasteiger partial charge in [-0.15, -0.1) is 12.4 Å². The van der Waals surface area contributed by atoms with E-state index in [0.29, 0.717) is 12.1 Å². The molecule has 0 unspecified atom stereocenters. The summed E-state index contributed by atoms with van der Waals surface area (Å²) >= 11 is 0. The molecule has 0 saturated heterocycles. The highest BCUT2D eigenvalue weighted by Gasteiger charge is 2.10. The molecule has 1 rings (SSSR count). The van der Waals surface area contributed by atoms with Gasteiger partial charge in [-0.3, -0.25) is 0 Å². The number of nitrogens with one attached hydrogen (secondary N) is 2. The Hall–Kier alpha value is -0.690. The summed E-state index contributed by atoms with van der Waals surface area (Å²) in [5.41, 5.74) is 0.450. The number of hydrogen-bond acceptors (Lipinski definition) is 3. The van der Waals surface area contributed by atoms with Gasteiger partial charge in [-0.25, -0.2) is 17.5 Å². The molecule has 0 amide bonds. The highest BCUT2D eigenvalue weighted by atomic mass is 35.5. The predicted octanol–water partition coefficient (Wildman–Crippen LogP) is 1.28. The number of hydrogen-bond donors (Lipinski definition) is 2. The minimum Gasteiger partial charge on any atom is -0.320 e. The number of benzene rings is 1. The third-order valence-corrected chi connectivity index (χ3v) is 3.53. The van der Waals surface area contributed by atoms with E-state index < -0.39 is 15.8 Å². The van der Waals surface area contributed by atoms with Gasteiger partial charge in [-0.2, -0.15) is 0 Å². The lowest BCUT2D eigenvalue weighted by molar-refractivity contribution is 0.576. The van der Waals surface area contributed by atoms with Crippen LogP contribution >= 0.6 is 12.4 Å². The van der Waals surface area contributed by atoms with Crippen LogP contribution in [0.15, 0.2) is 24.3 Å². The molecule has 0 atom stereocenters. The molecular weight excluding hydrogens is 279 g/mol. The fourth-order valence-corrected chi connectivity index (χ4v) is 2.57. The van der Waals surface area contributed by atoms with Gasteiger partial charge in [0, 0.05) is 6.54 Å². The molecule has 0 saturated carbocycles. The first-order valence-electron chi connectivity index (χ1n) is 5.40. The molecular formula is C11H18ClFN2O2S. The molecule has 0 bridgehead atoms. The molecule has 0 aliphatic heterocycles. The van der Waals surface area contributed by atoms with Crippen molar-refractivity contribution in [1.29, 1.82) is 0 Å². The fraction of sp³-hybridized carbons (Fsp3) is 0.455. The second-order valence-corrected chi connectivity index (χ2v) is 5.55. The summed E-state index contributed by atoms with van der Waals surface area (Å²) in [7, 11) is -1.57. The molecule has 0 spiro atoms. The van der Waals surface area contributed by atoms with E-state index in [-0.39, 0.29) is 18.2 Å². The molecule has 0 radical (unpaired) electrons. The Morgan fingerprint density at radius 1 is 1.28 bits per heavy atom. The van der Waals surface area contributed by atoms with Crippen LogP contribution in [0, 0.1) is 5.82 Å². The zero-order valence-corrected chi connectivity index (χ0v) is 11.8. The van der Waals surface area contributed by atoms with Crippen LogP contribution in [0.3, 0.4) is 0 Å². The normalized spacial score (nSPS) is 11.0. The first-order valence-corrected chi connectivity index (χ1v) is 7.05. The Morgan fingerprint density at radius 3 is 2.61 bits per heavy atom. The maximum absolute atomic E-state index is 12.9. The summed E-state index contributed by atoms with van der Waals surface area (Å²) in [5.74, 6) is -0.613. The smallest absolute Gasteiger partial charge is 0.215 e. The van der Waals surface area contributed by atoms with E-state index >= 15 is 0 Å². The van der Waals surface area contributed by atoms with Gasteiger partial charge >= 0.3 is 0 Å². The minimum atomic E-state index is -3.38. The lowest BCUT2D eigenvalue weighted by atomic mass is 10.2. The summed E-state index contributed by atoms with van der Waals surface area (Å²) in [6, 6.07) is 5.61. The number of rotatable bonds is 7. The van der Waals surface area contributed by atoms with Crippen LogP contribution in [0.4, 0.5) is 4.39 Å². The van der Waals surface area contributed by atoms with Crippen molar-refractivity contribution in [2.75, 3.05) is 20.1 Å². The summed E-state index contributed by atoms with van der Waals surface area (Å²) in [6.45, 7) is 1.14. The van der Waals surface area contributed by atoms with E-state index in [4.69, 9.17) is 0 Å². The Balaban J connectivity index is 0.00000289. The standard InChI is InChI=1S/C11H17FN2O2S.ClH/c1-13-6-3-7-14-17(15,16)9-10-4-2-5-11(12)8-10;/h2,4-5,8,13-14H,3,6-7,9H2,1H3;1H. The van der Waals surface area contributed by atoms with Crippen LogP contribution in [0.2, 0.25) is 0 Å². The third kappa shape index (κ3) is 6.90. The summed E-state index contributed by atoms with van der Waals surface area (Å²) in [6.07, 6.45) is 0.721. The van der Waals surface area contributed by atoms with Crippen LogP contribution < -0.4 is 10.0 Å². The Bertz CT molecular complexity index is 454. The first-order chi connectivity index (χ1) is 8.03. The molecule has 0 fully saturated rings. The monoisotopic (exact) mass is 296 g/mol. The fourth-order valence-electron chi connectivity index (χ4n) is 1.39. The molecule has 7 heteroatoms. The Morgan fingerprint density at radius 2 is 2.00 bits per heavy atom. The Labute approximate surface area is 113 Å². The third-order valence-electron chi connectivity index (χ3n) is 2.17. The lowest BCUT2D eigenvalue weighted by Crippen LogP contribution is -2.28. The second kappa shape index (κ2) is 8.42. The van der Waals surface area contributed by atoms with Crippen LogP contribution in [0.25, 0.3) is 0 Å². The minimum absolute atomic E-state index is 0. The van der Waals surface area contributed by atoms with Crippen molar-refractivity contribution in [3.63, 3.8) is 0 Å². The average molecular weight is 297 g/mol. The van der Waals surface area contributed by atoms with Crippen molar-refractivity contribution in [2.24, 2.45) is 0 Å². The largest absolute Gasteiger partial charge is 0.320 e. The molecule has 0 aliphatic carbocycles. The molecule has 1 aromatic carbocycles.